The summed E-state index contributed by atoms with van der Waals surface area (Å²) in [5.74, 6) is 3.52. The quantitative estimate of drug-likeness (QED) is 0.741. The van der Waals surface area contributed by atoms with Gasteiger partial charge in [-0.1, -0.05) is 0 Å². The van der Waals surface area contributed by atoms with Gasteiger partial charge in [0.05, 0.1) is 0 Å². The molecule has 0 aromatic rings. The molecule has 1 aliphatic heterocycles. The van der Waals surface area contributed by atoms with E-state index >= 15 is 0 Å². The van der Waals surface area contributed by atoms with Crippen LogP contribution in [0.3, 0.4) is 0 Å². The van der Waals surface area contributed by atoms with Crippen molar-refractivity contribution in [3.05, 3.63) is 0 Å². The van der Waals surface area contributed by atoms with Gasteiger partial charge in [-0.2, -0.15) is 0 Å². The fourth-order valence-corrected chi connectivity index (χ4v) is 22.4. The maximum atomic E-state index is 11.3. The second-order valence-corrected chi connectivity index (χ2v) is 19.9. The van der Waals surface area contributed by atoms with Crippen LogP contribution in [0.1, 0.15) is 13.3 Å². The van der Waals surface area contributed by atoms with Crippen LogP contribution >= 0.6 is 41.8 Å². The standard InChI is InChI=1S/C6H11AsOS4/c1-2-3-9-6(8)12-7-10-4-5-11-7/h2-5H2,1H3. The maximum absolute atomic E-state index is 11.3. The molecule has 0 bridgehead atoms. The topological polar surface area (TPSA) is 17.1 Å². The molecule has 1 saturated heterocycles. The van der Waals surface area contributed by atoms with E-state index in [4.69, 9.17) is 0 Å². The van der Waals surface area contributed by atoms with Crippen LogP contribution in [-0.2, 0) is 0 Å². The third-order valence-electron chi connectivity index (χ3n) is 1.05. The van der Waals surface area contributed by atoms with Crippen molar-refractivity contribution in [1.29, 1.82) is 0 Å². The van der Waals surface area contributed by atoms with Crippen LogP contribution in [0.2, 0.25) is 0 Å². The van der Waals surface area contributed by atoms with E-state index < -0.39 is 11.2 Å². The van der Waals surface area contributed by atoms with Crippen LogP contribution in [0.25, 0.3) is 0 Å². The average molecular weight is 302 g/mol. The Morgan fingerprint density at radius 2 is 2.17 bits per heavy atom. The van der Waals surface area contributed by atoms with Crippen LogP contribution in [0.5, 0.6) is 0 Å². The van der Waals surface area contributed by atoms with Crippen molar-refractivity contribution in [3.63, 3.8) is 0 Å². The van der Waals surface area contributed by atoms with Crippen molar-refractivity contribution in [2.45, 2.75) is 13.3 Å². The number of rotatable bonds is 3. The first-order valence-corrected chi connectivity index (χ1v) is 14.3. The molecule has 1 rings (SSSR count). The van der Waals surface area contributed by atoms with Gasteiger partial charge in [0.2, 0.25) is 0 Å². The summed E-state index contributed by atoms with van der Waals surface area (Å²) in [7, 11) is 5.73. The predicted molar refractivity (Wildman–Crippen MR) is 66.4 cm³/mol. The third-order valence-corrected chi connectivity index (χ3v) is 20.9. The van der Waals surface area contributed by atoms with E-state index in [9.17, 15) is 4.79 Å². The Morgan fingerprint density at radius 1 is 1.50 bits per heavy atom. The summed E-state index contributed by atoms with van der Waals surface area (Å²) < 4.78 is 0.360. The van der Waals surface area contributed by atoms with Gasteiger partial charge in [0.1, 0.15) is 0 Å². The van der Waals surface area contributed by atoms with Gasteiger partial charge in [-0.05, 0) is 0 Å². The first-order chi connectivity index (χ1) is 5.83. The molecule has 0 radical (unpaired) electrons. The number of thioether (sulfide) groups is 1. The van der Waals surface area contributed by atoms with E-state index in [1.165, 1.54) is 23.3 Å². The van der Waals surface area contributed by atoms with E-state index in [1.54, 1.807) is 10.0 Å². The van der Waals surface area contributed by atoms with Crippen molar-refractivity contribution in [2.24, 2.45) is 0 Å². The Bertz CT molecular complexity index is 148. The van der Waals surface area contributed by atoms with Crippen molar-refractivity contribution >= 4 is 57.5 Å². The first kappa shape index (κ1) is 11.7. The normalized spacial score (nSPS) is 18.4. The second kappa shape index (κ2) is 6.99. The monoisotopic (exact) mass is 302 g/mol. The van der Waals surface area contributed by atoms with Crippen molar-refractivity contribution in [1.82, 2.24) is 0 Å². The molecule has 0 atom stereocenters. The minimum absolute atomic E-state index is 0.360. The zero-order valence-corrected chi connectivity index (χ0v) is 12.0. The van der Waals surface area contributed by atoms with Crippen molar-refractivity contribution in [2.75, 3.05) is 17.3 Å². The minimum atomic E-state index is -0.866. The van der Waals surface area contributed by atoms with Crippen LogP contribution in [-0.4, -0.2) is 32.9 Å². The van der Waals surface area contributed by atoms with Crippen LogP contribution in [0.4, 0.5) is 4.79 Å². The molecule has 0 amide bonds. The Labute approximate surface area is 92.2 Å². The Kier molecular flexibility index (Phi) is 6.82. The van der Waals surface area contributed by atoms with Gasteiger partial charge < -0.3 is 0 Å². The molecule has 0 spiro atoms. The molecule has 0 aromatic carbocycles. The van der Waals surface area contributed by atoms with Crippen LogP contribution in [0, 0.1) is 0 Å². The summed E-state index contributed by atoms with van der Waals surface area (Å²) in [4.78, 5) is 11.3. The molecule has 0 aromatic heterocycles. The van der Waals surface area contributed by atoms with E-state index in [2.05, 4.69) is 6.92 Å². The summed E-state index contributed by atoms with van der Waals surface area (Å²) in [5, 5.41) is 0. The summed E-state index contributed by atoms with van der Waals surface area (Å²) in [6.07, 6.45) is 1.10. The molecular formula is C6H11AsOS4. The zero-order valence-electron chi connectivity index (χ0n) is 6.82. The SMILES string of the molecule is CCCSC(=O)S[As]1SCCS1. The van der Waals surface area contributed by atoms with Crippen molar-refractivity contribution < 1.29 is 4.79 Å². The molecule has 70 valence electrons. The van der Waals surface area contributed by atoms with E-state index in [0.717, 1.165) is 12.2 Å². The molecule has 1 fully saturated rings. The van der Waals surface area contributed by atoms with Gasteiger partial charge in [0.25, 0.3) is 0 Å². The van der Waals surface area contributed by atoms with Gasteiger partial charge in [-0.3, -0.25) is 0 Å². The molecule has 1 nitrogen and oxygen atoms in total. The zero-order chi connectivity index (χ0) is 8.81. The van der Waals surface area contributed by atoms with Gasteiger partial charge >= 0.3 is 92.9 Å². The average Bonchev–Trinajstić information content (AvgIpc) is 2.53. The second-order valence-electron chi connectivity index (χ2n) is 2.08. The van der Waals surface area contributed by atoms with Gasteiger partial charge in [-0.15, -0.1) is 0 Å². The number of hydrogen-bond acceptors (Lipinski definition) is 5. The van der Waals surface area contributed by atoms with E-state index in [1.807, 2.05) is 20.0 Å². The Hall–Kier alpha value is 1.63. The van der Waals surface area contributed by atoms with E-state index in [-0.39, 0.29) is 0 Å². The van der Waals surface area contributed by atoms with Crippen molar-refractivity contribution in [3.8, 4) is 0 Å². The summed E-state index contributed by atoms with van der Waals surface area (Å²) in [6.45, 7) is 2.11. The molecular weight excluding hydrogens is 291 g/mol. The molecule has 6 heteroatoms. The van der Waals surface area contributed by atoms with Crippen LogP contribution < -0.4 is 0 Å². The third kappa shape index (κ3) is 4.75. The number of carbonyl (C=O) groups excluding carboxylic acids is 1. The van der Waals surface area contributed by atoms with Crippen LogP contribution in [0.15, 0.2) is 0 Å². The molecule has 1 aliphatic rings. The molecule has 0 aliphatic carbocycles. The number of hydrogen-bond donors (Lipinski definition) is 0. The van der Waals surface area contributed by atoms with Gasteiger partial charge in [0.15, 0.2) is 0 Å². The van der Waals surface area contributed by atoms with Gasteiger partial charge in [-0.25, -0.2) is 0 Å². The fraction of sp³-hybridized carbons (Fsp3) is 0.833. The molecule has 0 saturated carbocycles. The molecule has 0 N–H and O–H groups in total. The summed E-state index contributed by atoms with van der Waals surface area (Å²) >= 11 is 0.631. The predicted octanol–water partition coefficient (Wildman–Crippen LogP) is 3.45. The fourth-order valence-electron chi connectivity index (χ4n) is 0.586. The van der Waals surface area contributed by atoms with E-state index in [0.29, 0.717) is 4.45 Å². The Balaban J connectivity index is 2.08. The molecule has 1 heterocycles. The van der Waals surface area contributed by atoms with Gasteiger partial charge in [0, 0.05) is 0 Å². The Morgan fingerprint density at radius 3 is 2.75 bits per heavy atom. The molecule has 0 unspecified atom stereocenters. The summed E-state index contributed by atoms with van der Waals surface area (Å²) in [5.41, 5.74) is 0. The molecule has 12 heavy (non-hydrogen) atoms. The summed E-state index contributed by atoms with van der Waals surface area (Å²) in [6, 6.07) is 0. The first-order valence-electron chi connectivity index (χ1n) is 3.73. The number of carbonyl (C=O) groups is 1.